The van der Waals surface area contributed by atoms with Gasteiger partial charge >= 0.3 is 11.9 Å². The van der Waals surface area contributed by atoms with Crippen LogP contribution in [0.5, 0.6) is 0 Å². The molecule has 2 unspecified atom stereocenters. The second-order valence-corrected chi connectivity index (χ2v) is 16.3. The summed E-state index contributed by atoms with van der Waals surface area (Å²) in [6.45, 7) is 4.61. The van der Waals surface area contributed by atoms with Crippen LogP contribution in [0, 0.1) is 0 Å². The van der Waals surface area contributed by atoms with Crippen molar-refractivity contribution >= 4 is 17.9 Å². The number of carboxylic acid groups (broad SMARTS) is 1. The lowest BCUT2D eigenvalue weighted by atomic mass is 10.1. The molecule has 0 fully saturated rings. The summed E-state index contributed by atoms with van der Waals surface area (Å²) in [5, 5.41) is 11.6. The van der Waals surface area contributed by atoms with Gasteiger partial charge in [-0.3, -0.25) is 9.59 Å². The summed E-state index contributed by atoms with van der Waals surface area (Å²) in [6, 6.07) is -0.725. The molecule has 0 aromatic carbocycles. The lowest BCUT2D eigenvalue weighted by Crippen LogP contribution is -2.55. The summed E-state index contributed by atoms with van der Waals surface area (Å²) < 4.78 is 17.1. The van der Waals surface area contributed by atoms with E-state index in [2.05, 4.69) is 38.2 Å². The molecule has 0 saturated carbocycles. The van der Waals surface area contributed by atoms with Gasteiger partial charge in [0.05, 0.1) is 40.3 Å². The van der Waals surface area contributed by atoms with Gasteiger partial charge in [-0.05, 0) is 57.8 Å². The molecule has 0 aromatic rings. The molecule has 8 nitrogen and oxygen atoms in total. The highest BCUT2D eigenvalue weighted by molar-refractivity contribution is 5.70. The molecule has 0 radical (unpaired) electrons. The number of likely N-dealkylation sites (N-methyl/N-ethyl adjacent to an activating group) is 1. The zero-order valence-corrected chi connectivity index (χ0v) is 35.9. The fourth-order valence-electron chi connectivity index (χ4n) is 6.52. The smallest absolute Gasteiger partial charge is 0.306 e. The molecule has 2 atom stereocenters. The monoisotopic (exact) mass is 764 g/mol. The number of hydrogen-bond acceptors (Lipinski definition) is 7. The Morgan fingerprint density at radius 2 is 0.944 bits per heavy atom. The zero-order chi connectivity index (χ0) is 40.0. The van der Waals surface area contributed by atoms with Crippen molar-refractivity contribution in [2.75, 3.05) is 41.0 Å². The van der Waals surface area contributed by atoms with E-state index in [0.717, 1.165) is 57.8 Å². The molecule has 0 N–H and O–H groups in total. The fourth-order valence-corrected chi connectivity index (χ4v) is 6.52. The van der Waals surface area contributed by atoms with E-state index in [1.165, 1.54) is 109 Å². The van der Waals surface area contributed by atoms with E-state index in [1.54, 1.807) is 21.1 Å². The summed E-state index contributed by atoms with van der Waals surface area (Å²) in [4.78, 5) is 36.8. The van der Waals surface area contributed by atoms with Crippen molar-refractivity contribution in [1.82, 2.24) is 0 Å². The molecule has 0 heterocycles. The summed E-state index contributed by atoms with van der Waals surface area (Å²) >= 11 is 0. The first-order valence-corrected chi connectivity index (χ1v) is 22.4. The Morgan fingerprint density at radius 3 is 1.39 bits per heavy atom. The van der Waals surface area contributed by atoms with Crippen LogP contribution in [-0.4, -0.2) is 75.5 Å². The normalized spacial score (nSPS) is 13.1. The summed E-state index contributed by atoms with van der Waals surface area (Å²) in [7, 11) is 5.40. The molecule has 0 bridgehead atoms. The lowest BCUT2D eigenvalue weighted by Gasteiger charge is -2.34. The highest BCUT2D eigenvalue weighted by Gasteiger charge is 2.25. The molecule has 54 heavy (non-hydrogen) atoms. The number of carboxylic acids is 1. The number of carbonyl (C=O) groups excluding carboxylic acids is 3. The van der Waals surface area contributed by atoms with Crippen LogP contribution in [-0.2, 0) is 28.6 Å². The van der Waals surface area contributed by atoms with E-state index in [0.29, 0.717) is 12.8 Å². The van der Waals surface area contributed by atoms with E-state index in [9.17, 15) is 19.5 Å². The first-order valence-electron chi connectivity index (χ1n) is 22.4. The molecular weight excluding hydrogens is 679 g/mol. The molecule has 0 aromatic heterocycles. The molecule has 0 amide bonds. The average Bonchev–Trinajstić information content (AvgIpc) is 3.12. The number of rotatable bonds is 40. The van der Waals surface area contributed by atoms with Crippen molar-refractivity contribution < 1.29 is 38.2 Å². The van der Waals surface area contributed by atoms with Crippen LogP contribution in [0.3, 0.4) is 0 Å². The van der Waals surface area contributed by atoms with Crippen molar-refractivity contribution in [1.29, 1.82) is 0 Å². The second-order valence-electron chi connectivity index (χ2n) is 16.3. The number of carbonyl (C=O) groups is 3. The van der Waals surface area contributed by atoms with Crippen molar-refractivity contribution in [2.45, 2.75) is 212 Å². The van der Waals surface area contributed by atoms with Gasteiger partial charge in [0, 0.05) is 19.3 Å². The Balaban J connectivity index is 4.24. The first-order chi connectivity index (χ1) is 26.1. The molecular formula is C46H85NO7. The third-order valence-corrected chi connectivity index (χ3v) is 10.1. The predicted octanol–water partition coefficient (Wildman–Crippen LogP) is 10.7. The molecule has 0 spiro atoms. The van der Waals surface area contributed by atoms with Crippen LogP contribution in [0.15, 0.2) is 24.3 Å². The molecule has 0 rings (SSSR count). The van der Waals surface area contributed by atoms with Crippen LogP contribution in [0.2, 0.25) is 0 Å². The summed E-state index contributed by atoms with van der Waals surface area (Å²) in [5.74, 6) is -1.75. The number of unbranched alkanes of at least 4 members (excludes halogenated alkanes) is 22. The van der Waals surface area contributed by atoms with E-state index in [4.69, 9.17) is 14.2 Å². The molecule has 0 aliphatic carbocycles. The van der Waals surface area contributed by atoms with Crippen molar-refractivity contribution in [2.24, 2.45) is 0 Å². The van der Waals surface area contributed by atoms with Gasteiger partial charge in [-0.15, -0.1) is 0 Å². The van der Waals surface area contributed by atoms with Crippen molar-refractivity contribution in [3.05, 3.63) is 24.3 Å². The second kappa shape index (κ2) is 37.7. The van der Waals surface area contributed by atoms with E-state index in [-0.39, 0.29) is 42.7 Å². The van der Waals surface area contributed by atoms with Crippen LogP contribution < -0.4 is 5.11 Å². The molecule has 0 aliphatic heterocycles. The van der Waals surface area contributed by atoms with Crippen molar-refractivity contribution in [3.8, 4) is 0 Å². The Labute approximate surface area is 332 Å². The quantitative estimate of drug-likeness (QED) is 0.0265. The standard InChI is InChI=1S/C46H85NO7/c1-6-8-10-12-14-16-18-19-20-21-22-23-24-25-26-27-29-30-32-34-36-44(48)53-41-42(40-52-39-38-43(46(50)51)47(3,4)5)54-45(49)37-35-33-31-28-17-15-13-11-9-7-2/h13,15,22-23,42-43H,6-12,14,16-21,24-41H2,1-5H3/b15-13+,23-22+. The third-order valence-electron chi connectivity index (χ3n) is 10.1. The van der Waals surface area contributed by atoms with Crippen LogP contribution in [0.4, 0.5) is 0 Å². The number of hydrogen-bond donors (Lipinski definition) is 0. The number of allylic oxidation sites excluding steroid dienone is 4. The van der Waals surface area contributed by atoms with E-state index in [1.807, 2.05) is 0 Å². The minimum absolute atomic E-state index is 0.0371. The maximum Gasteiger partial charge on any atom is 0.306 e. The Kier molecular flexibility index (Phi) is 36.2. The zero-order valence-electron chi connectivity index (χ0n) is 35.9. The van der Waals surface area contributed by atoms with Crippen LogP contribution in [0.1, 0.15) is 200 Å². The number of esters is 2. The number of nitrogens with zero attached hydrogens (tertiary/aromatic N) is 1. The topological polar surface area (TPSA) is 102 Å². The van der Waals surface area contributed by atoms with Gasteiger partial charge in [0.1, 0.15) is 12.6 Å². The predicted molar refractivity (Wildman–Crippen MR) is 222 cm³/mol. The van der Waals surface area contributed by atoms with Gasteiger partial charge in [0.2, 0.25) is 0 Å². The van der Waals surface area contributed by atoms with E-state index >= 15 is 0 Å². The minimum atomic E-state index is -1.13. The highest BCUT2D eigenvalue weighted by atomic mass is 16.6. The Morgan fingerprint density at radius 1 is 0.537 bits per heavy atom. The molecule has 8 heteroatoms. The molecule has 316 valence electrons. The van der Waals surface area contributed by atoms with Gasteiger partial charge in [0.25, 0.3) is 0 Å². The largest absolute Gasteiger partial charge is 0.544 e. The van der Waals surface area contributed by atoms with Gasteiger partial charge in [-0.2, -0.15) is 0 Å². The average molecular weight is 764 g/mol. The first kappa shape index (κ1) is 51.8. The fraction of sp³-hybridized carbons (Fsp3) is 0.848. The number of ether oxygens (including phenoxy) is 3. The Bertz CT molecular complexity index is 942. The third kappa shape index (κ3) is 35.5. The maximum atomic E-state index is 12.6. The van der Waals surface area contributed by atoms with Gasteiger partial charge < -0.3 is 28.6 Å². The number of quaternary nitrogens is 1. The molecule has 0 saturated heterocycles. The van der Waals surface area contributed by atoms with Gasteiger partial charge in [0.15, 0.2) is 6.10 Å². The van der Waals surface area contributed by atoms with Crippen LogP contribution >= 0.6 is 0 Å². The number of aliphatic carboxylic acids is 1. The lowest BCUT2D eigenvalue weighted by molar-refractivity contribution is -0.889. The SMILES string of the molecule is CCCC/C=C/CCCCCCC(=O)OC(COCCC(C(=O)[O-])[N+](C)(C)C)COC(=O)CCCCCCCCC/C=C/CCCCCCCCCCC. The summed E-state index contributed by atoms with van der Waals surface area (Å²) in [6.07, 6.45) is 40.7. The van der Waals surface area contributed by atoms with Gasteiger partial charge in [-0.1, -0.05) is 147 Å². The Hall–Kier alpha value is -2.19. The van der Waals surface area contributed by atoms with Gasteiger partial charge in [-0.25, -0.2) is 0 Å². The maximum absolute atomic E-state index is 12.6. The minimum Gasteiger partial charge on any atom is -0.544 e. The summed E-state index contributed by atoms with van der Waals surface area (Å²) in [5.41, 5.74) is 0. The highest BCUT2D eigenvalue weighted by Crippen LogP contribution is 2.14. The van der Waals surface area contributed by atoms with Crippen molar-refractivity contribution in [3.63, 3.8) is 0 Å². The van der Waals surface area contributed by atoms with E-state index < -0.39 is 18.1 Å². The molecule has 0 aliphatic rings. The van der Waals surface area contributed by atoms with Crippen LogP contribution in [0.25, 0.3) is 0 Å².